The van der Waals surface area contributed by atoms with Crippen molar-refractivity contribution in [3.05, 3.63) is 30.1 Å². The Hall–Kier alpha value is -0.540. The lowest BCUT2D eigenvalue weighted by atomic mass is 10.7. The number of halogens is 1. The number of hydrogen-bond acceptors (Lipinski definition) is 3. The summed E-state index contributed by atoms with van der Waals surface area (Å²) in [5.74, 6) is 0.806. The van der Waals surface area contributed by atoms with Gasteiger partial charge >= 0.3 is 0 Å². The fourth-order valence-corrected chi connectivity index (χ4v) is 1.27. The van der Waals surface area contributed by atoms with Gasteiger partial charge in [-0.2, -0.15) is 0 Å². The normalized spacial score (nSPS) is 9.55. The molecule has 0 radical (unpaired) electrons. The topological polar surface area (TPSA) is 25.8 Å². The molecule has 11 heavy (non-hydrogen) atoms. The number of nitrogens with zero attached hydrogens (tertiary/aromatic N) is 2. The summed E-state index contributed by atoms with van der Waals surface area (Å²) in [5.41, 5.74) is 0. The van der Waals surface area contributed by atoms with Gasteiger partial charge in [0, 0.05) is 11.9 Å². The Morgan fingerprint density at radius 1 is 1.73 bits per heavy atom. The standard InChI is InChI=1S/C7H7ClN2S/c1-2-5-11-7-9-4-3-6(8)10-7/h2-4H,1,5H2. The highest BCUT2D eigenvalue weighted by Gasteiger charge is 1.94. The third kappa shape index (κ3) is 2.91. The quantitative estimate of drug-likeness (QED) is 0.314. The average Bonchev–Trinajstić information content (AvgIpc) is 2.01. The van der Waals surface area contributed by atoms with Crippen molar-refractivity contribution in [1.82, 2.24) is 9.97 Å². The first-order valence-corrected chi connectivity index (χ1v) is 4.41. The second-order valence-electron chi connectivity index (χ2n) is 1.76. The van der Waals surface area contributed by atoms with E-state index in [0.717, 1.165) is 5.75 Å². The molecule has 0 aliphatic carbocycles. The van der Waals surface area contributed by atoms with Crippen LogP contribution < -0.4 is 0 Å². The van der Waals surface area contributed by atoms with Gasteiger partial charge in [0.2, 0.25) is 0 Å². The molecule has 0 spiro atoms. The van der Waals surface area contributed by atoms with E-state index in [9.17, 15) is 0 Å². The van der Waals surface area contributed by atoms with Crippen LogP contribution >= 0.6 is 23.4 Å². The number of rotatable bonds is 3. The molecular weight excluding hydrogens is 180 g/mol. The van der Waals surface area contributed by atoms with Crippen molar-refractivity contribution in [3.8, 4) is 0 Å². The molecule has 0 saturated heterocycles. The maximum Gasteiger partial charge on any atom is 0.189 e. The highest BCUT2D eigenvalue weighted by Crippen LogP contribution is 2.13. The van der Waals surface area contributed by atoms with E-state index in [1.165, 1.54) is 11.8 Å². The Morgan fingerprint density at radius 2 is 2.55 bits per heavy atom. The molecule has 1 heterocycles. The molecule has 0 amide bonds. The van der Waals surface area contributed by atoms with Gasteiger partial charge in [0.1, 0.15) is 5.15 Å². The van der Waals surface area contributed by atoms with E-state index in [4.69, 9.17) is 11.6 Å². The molecule has 0 aliphatic heterocycles. The van der Waals surface area contributed by atoms with Crippen molar-refractivity contribution in [2.45, 2.75) is 5.16 Å². The summed E-state index contributed by atoms with van der Waals surface area (Å²) in [6.45, 7) is 3.59. The van der Waals surface area contributed by atoms with Crippen molar-refractivity contribution < 1.29 is 0 Å². The molecule has 1 aromatic rings. The summed E-state index contributed by atoms with van der Waals surface area (Å²) in [6.07, 6.45) is 3.44. The van der Waals surface area contributed by atoms with Crippen LogP contribution in [-0.4, -0.2) is 15.7 Å². The Kier molecular flexibility index (Phi) is 3.39. The number of aromatic nitrogens is 2. The highest BCUT2D eigenvalue weighted by atomic mass is 35.5. The van der Waals surface area contributed by atoms with Crippen LogP contribution in [0.15, 0.2) is 30.1 Å². The maximum atomic E-state index is 5.63. The van der Waals surface area contributed by atoms with E-state index in [-0.39, 0.29) is 0 Å². The Balaban J connectivity index is 2.63. The van der Waals surface area contributed by atoms with Gasteiger partial charge in [-0.1, -0.05) is 29.4 Å². The monoisotopic (exact) mass is 186 g/mol. The molecule has 0 saturated carbocycles. The van der Waals surface area contributed by atoms with Gasteiger partial charge < -0.3 is 0 Å². The first-order valence-electron chi connectivity index (χ1n) is 3.05. The number of thioether (sulfide) groups is 1. The van der Waals surface area contributed by atoms with Gasteiger partial charge in [0.15, 0.2) is 5.16 Å². The van der Waals surface area contributed by atoms with Crippen molar-refractivity contribution in [2.75, 3.05) is 5.75 Å². The third-order valence-electron chi connectivity index (χ3n) is 0.930. The van der Waals surface area contributed by atoms with E-state index in [1.807, 2.05) is 0 Å². The summed E-state index contributed by atoms with van der Waals surface area (Å²) in [6, 6.07) is 1.65. The lowest BCUT2D eigenvalue weighted by Crippen LogP contribution is -1.85. The smallest absolute Gasteiger partial charge is 0.189 e. The van der Waals surface area contributed by atoms with Gasteiger partial charge in [0.25, 0.3) is 0 Å². The van der Waals surface area contributed by atoms with E-state index in [2.05, 4.69) is 16.5 Å². The molecule has 4 heteroatoms. The zero-order valence-electron chi connectivity index (χ0n) is 5.83. The molecule has 0 N–H and O–H groups in total. The summed E-state index contributed by atoms with van der Waals surface area (Å²) in [7, 11) is 0. The van der Waals surface area contributed by atoms with Crippen molar-refractivity contribution in [2.24, 2.45) is 0 Å². The molecule has 0 bridgehead atoms. The summed E-state index contributed by atoms with van der Waals surface area (Å²) >= 11 is 7.14. The molecule has 1 rings (SSSR count). The molecule has 0 fully saturated rings. The van der Waals surface area contributed by atoms with E-state index in [1.54, 1.807) is 18.3 Å². The summed E-state index contributed by atoms with van der Waals surface area (Å²) in [4.78, 5) is 7.98. The zero-order valence-corrected chi connectivity index (χ0v) is 7.40. The van der Waals surface area contributed by atoms with Gasteiger partial charge in [-0.15, -0.1) is 6.58 Å². The molecule has 0 atom stereocenters. The SMILES string of the molecule is C=CCSc1nccc(Cl)n1. The highest BCUT2D eigenvalue weighted by molar-refractivity contribution is 7.99. The van der Waals surface area contributed by atoms with Crippen molar-refractivity contribution >= 4 is 23.4 Å². The minimum Gasteiger partial charge on any atom is -0.231 e. The van der Waals surface area contributed by atoms with Gasteiger partial charge in [-0.05, 0) is 6.07 Å². The van der Waals surface area contributed by atoms with Gasteiger partial charge in [-0.3, -0.25) is 0 Å². The first kappa shape index (κ1) is 8.56. The lowest BCUT2D eigenvalue weighted by Gasteiger charge is -1.94. The Morgan fingerprint density at radius 3 is 3.18 bits per heavy atom. The minimum atomic E-state index is 0.478. The predicted molar refractivity (Wildman–Crippen MR) is 48.0 cm³/mol. The first-order chi connectivity index (χ1) is 5.33. The molecule has 1 aromatic heterocycles. The summed E-state index contributed by atoms with van der Waals surface area (Å²) in [5, 5.41) is 1.17. The van der Waals surface area contributed by atoms with Crippen LogP contribution in [0, 0.1) is 0 Å². The Labute approximate surface area is 74.7 Å². The van der Waals surface area contributed by atoms with Gasteiger partial charge in [-0.25, -0.2) is 9.97 Å². The van der Waals surface area contributed by atoms with Gasteiger partial charge in [0.05, 0.1) is 0 Å². The maximum absolute atomic E-state index is 5.63. The van der Waals surface area contributed by atoms with Crippen LogP contribution in [0.1, 0.15) is 0 Å². The van der Waals surface area contributed by atoms with Crippen LogP contribution in [0.25, 0.3) is 0 Å². The lowest BCUT2D eigenvalue weighted by molar-refractivity contribution is 0.969. The van der Waals surface area contributed by atoms with Crippen molar-refractivity contribution in [3.63, 3.8) is 0 Å². The second kappa shape index (κ2) is 4.36. The van der Waals surface area contributed by atoms with Crippen LogP contribution in [0.3, 0.4) is 0 Å². The molecule has 0 unspecified atom stereocenters. The van der Waals surface area contributed by atoms with Crippen LogP contribution in [0.4, 0.5) is 0 Å². The van der Waals surface area contributed by atoms with Crippen LogP contribution in [0.5, 0.6) is 0 Å². The molecule has 2 nitrogen and oxygen atoms in total. The fraction of sp³-hybridized carbons (Fsp3) is 0.143. The predicted octanol–water partition coefficient (Wildman–Crippen LogP) is 2.41. The van der Waals surface area contributed by atoms with Crippen LogP contribution in [0.2, 0.25) is 5.15 Å². The molecule has 58 valence electrons. The largest absolute Gasteiger partial charge is 0.231 e. The van der Waals surface area contributed by atoms with E-state index >= 15 is 0 Å². The van der Waals surface area contributed by atoms with Crippen molar-refractivity contribution in [1.29, 1.82) is 0 Å². The van der Waals surface area contributed by atoms with Crippen LogP contribution in [-0.2, 0) is 0 Å². The molecule has 0 aliphatic rings. The number of hydrogen-bond donors (Lipinski definition) is 0. The molecular formula is C7H7ClN2S. The Bertz CT molecular complexity index is 252. The fourth-order valence-electron chi connectivity index (χ4n) is 0.523. The molecule has 0 aromatic carbocycles. The third-order valence-corrected chi connectivity index (χ3v) is 2.00. The van der Waals surface area contributed by atoms with E-state index < -0.39 is 0 Å². The zero-order chi connectivity index (χ0) is 8.10. The van der Waals surface area contributed by atoms with E-state index in [0.29, 0.717) is 10.3 Å². The average molecular weight is 187 g/mol. The minimum absolute atomic E-state index is 0.478. The summed E-state index contributed by atoms with van der Waals surface area (Å²) < 4.78 is 0. The second-order valence-corrected chi connectivity index (χ2v) is 3.14.